The molecule has 0 amide bonds. The van der Waals surface area contributed by atoms with Gasteiger partial charge in [0.15, 0.2) is 0 Å². The van der Waals surface area contributed by atoms with E-state index in [-0.39, 0.29) is 12.6 Å². The van der Waals surface area contributed by atoms with Gasteiger partial charge < -0.3 is 5.11 Å². The number of aliphatic hydroxyl groups is 1. The Morgan fingerprint density at radius 3 is 2.58 bits per heavy atom. The first-order valence-electron chi connectivity index (χ1n) is 6.58. The third-order valence-electron chi connectivity index (χ3n) is 3.75. The Kier molecular flexibility index (Phi) is 3.99. The minimum absolute atomic E-state index is 0.0391. The minimum Gasteiger partial charge on any atom is -0.392 e. The first-order valence-corrected chi connectivity index (χ1v) is 8.02. The molecule has 4 nitrogen and oxygen atoms in total. The van der Waals surface area contributed by atoms with Crippen LogP contribution in [0.3, 0.4) is 0 Å². The third kappa shape index (κ3) is 2.68. The predicted molar refractivity (Wildman–Crippen MR) is 74.2 cm³/mol. The summed E-state index contributed by atoms with van der Waals surface area (Å²) in [5.74, 6) is 0.395. The van der Waals surface area contributed by atoms with Gasteiger partial charge in [-0.1, -0.05) is 19.1 Å². The average Bonchev–Trinajstić information content (AvgIpc) is 2.69. The van der Waals surface area contributed by atoms with Crippen LogP contribution in [0.4, 0.5) is 0 Å². The first kappa shape index (κ1) is 14.5. The van der Waals surface area contributed by atoms with E-state index >= 15 is 0 Å². The molecule has 1 heterocycles. The van der Waals surface area contributed by atoms with Crippen LogP contribution in [0.15, 0.2) is 23.1 Å². The summed E-state index contributed by atoms with van der Waals surface area (Å²) in [6.07, 6.45) is 0.901. The lowest BCUT2D eigenvalue weighted by atomic mass is 10.1. The lowest BCUT2D eigenvalue weighted by Crippen LogP contribution is -2.34. The van der Waals surface area contributed by atoms with Gasteiger partial charge in [0.05, 0.1) is 11.5 Å². The van der Waals surface area contributed by atoms with Crippen LogP contribution < -0.4 is 0 Å². The van der Waals surface area contributed by atoms with Crippen LogP contribution in [0.2, 0.25) is 0 Å². The third-order valence-corrected chi connectivity index (χ3v) is 5.87. The SMILES string of the molecule is Cc1ccc(CO)cc1S(=O)(=O)N1CC(C)CC1C. The molecule has 2 unspecified atom stereocenters. The lowest BCUT2D eigenvalue weighted by Gasteiger charge is -2.22. The van der Waals surface area contributed by atoms with Gasteiger partial charge in [0, 0.05) is 12.6 Å². The van der Waals surface area contributed by atoms with Gasteiger partial charge in [-0.3, -0.25) is 0 Å². The highest BCUT2D eigenvalue weighted by Gasteiger charge is 2.36. The van der Waals surface area contributed by atoms with Crippen molar-refractivity contribution in [3.05, 3.63) is 29.3 Å². The summed E-state index contributed by atoms with van der Waals surface area (Å²) in [5, 5.41) is 9.17. The molecule has 0 bridgehead atoms. The van der Waals surface area contributed by atoms with Crippen LogP contribution >= 0.6 is 0 Å². The average molecular weight is 283 g/mol. The number of hydrogen-bond acceptors (Lipinski definition) is 3. The molecule has 1 N–H and O–H groups in total. The molecule has 0 spiro atoms. The van der Waals surface area contributed by atoms with Crippen molar-refractivity contribution in [3.8, 4) is 0 Å². The second kappa shape index (κ2) is 5.23. The summed E-state index contributed by atoms with van der Waals surface area (Å²) in [6, 6.07) is 5.13. The van der Waals surface area contributed by atoms with Gasteiger partial charge in [-0.2, -0.15) is 4.31 Å². The van der Waals surface area contributed by atoms with Crippen molar-refractivity contribution in [2.75, 3.05) is 6.54 Å². The molecule has 0 saturated carbocycles. The molecule has 19 heavy (non-hydrogen) atoms. The fourth-order valence-corrected chi connectivity index (χ4v) is 4.78. The van der Waals surface area contributed by atoms with E-state index in [1.807, 2.05) is 6.92 Å². The normalized spacial score (nSPS) is 24.8. The van der Waals surface area contributed by atoms with E-state index in [9.17, 15) is 8.42 Å². The van der Waals surface area contributed by atoms with E-state index in [1.165, 1.54) is 0 Å². The number of aryl methyl sites for hydroxylation is 1. The highest BCUT2D eigenvalue weighted by molar-refractivity contribution is 7.89. The molecule has 5 heteroatoms. The second-order valence-corrected chi connectivity index (χ2v) is 7.38. The summed E-state index contributed by atoms with van der Waals surface area (Å²) < 4.78 is 27.0. The number of benzene rings is 1. The van der Waals surface area contributed by atoms with Gasteiger partial charge in [-0.25, -0.2) is 8.42 Å². The quantitative estimate of drug-likeness (QED) is 0.922. The van der Waals surface area contributed by atoms with Gasteiger partial charge in [-0.15, -0.1) is 0 Å². The molecule has 1 aromatic rings. The molecule has 106 valence electrons. The summed E-state index contributed by atoms with van der Waals surface area (Å²) >= 11 is 0. The molecule has 0 aliphatic carbocycles. The molecule has 1 aliphatic rings. The fraction of sp³-hybridized carbons (Fsp3) is 0.571. The van der Waals surface area contributed by atoms with Crippen molar-refractivity contribution in [1.82, 2.24) is 4.31 Å². The van der Waals surface area contributed by atoms with Crippen LogP contribution in [-0.4, -0.2) is 30.4 Å². The van der Waals surface area contributed by atoms with Gasteiger partial charge in [0.2, 0.25) is 10.0 Å². The maximum Gasteiger partial charge on any atom is 0.243 e. The fourth-order valence-electron chi connectivity index (χ4n) is 2.74. The topological polar surface area (TPSA) is 57.6 Å². The lowest BCUT2D eigenvalue weighted by molar-refractivity contribution is 0.281. The summed E-state index contributed by atoms with van der Waals surface area (Å²) in [4.78, 5) is 0.319. The van der Waals surface area contributed by atoms with E-state index in [0.29, 0.717) is 22.9 Å². The van der Waals surface area contributed by atoms with Gasteiger partial charge >= 0.3 is 0 Å². The van der Waals surface area contributed by atoms with E-state index in [1.54, 1.807) is 29.4 Å². The number of sulfonamides is 1. The van der Waals surface area contributed by atoms with Gasteiger partial charge in [-0.05, 0) is 43.4 Å². The largest absolute Gasteiger partial charge is 0.392 e. The van der Waals surface area contributed by atoms with E-state index < -0.39 is 10.0 Å². The molecule has 1 fully saturated rings. The van der Waals surface area contributed by atoms with Crippen LogP contribution in [0.25, 0.3) is 0 Å². The molecule has 1 saturated heterocycles. The van der Waals surface area contributed by atoms with Crippen molar-refractivity contribution in [2.45, 2.75) is 44.7 Å². The monoisotopic (exact) mass is 283 g/mol. The van der Waals surface area contributed by atoms with E-state index in [4.69, 9.17) is 5.11 Å². The smallest absolute Gasteiger partial charge is 0.243 e. The molecule has 2 atom stereocenters. The highest BCUT2D eigenvalue weighted by atomic mass is 32.2. The Morgan fingerprint density at radius 1 is 1.37 bits per heavy atom. The Labute approximate surface area is 115 Å². The van der Waals surface area contributed by atoms with Crippen molar-refractivity contribution in [3.63, 3.8) is 0 Å². The first-order chi connectivity index (χ1) is 8.86. The second-order valence-electron chi connectivity index (χ2n) is 5.52. The van der Waals surface area contributed by atoms with Crippen molar-refractivity contribution < 1.29 is 13.5 Å². The zero-order valence-corrected chi connectivity index (χ0v) is 12.4. The summed E-state index contributed by atoms with van der Waals surface area (Å²) in [6.45, 7) is 6.24. The zero-order chi connectivity index (χ0) is 14.2. The standard InChI is InChI=1S/C14H21NO3S/c1-10-6-12(3)15(8-10)19(17,18)14-7-13(9-16)5-4-11(14)2/h4-5,7,10,12,16H,6,8-9H2,1-3H3. The Bertz CT molecular complexity index is 568. The Hall–Kier alpha value is -0.910. The molecule has 1 aromatic carbocycles. The molecular formula is C14H21NO3S. The summed E-state index contributed by atoms with van der Waals surface area (Å²) in [5.41, 5.74) is 1.35. The van der Waals surface area contributed by atoms with Crippen LogP contribution in [0, 0.1) is 12.8 Å². The Morgan fingerprint density at radius 2 is 2.05 bits per heavy atom. The van der Waals surface area contributed by atoms with E-state index in [2.05, 4.69) is 6.92 Å². The Balaban J connectivity index is 2.45. The molecular weight excluding hydrogens is 262 g/mol. The maximum absolute atomic E-state index is 12.7. The highest BCUT2D eigenvalue weighted by Crippen LogP contribution is 2.30. The number of nitrogens with zero attached hydrogens (tertiary/aromatic N) is 1. The van der Waals surface area contributed by atoms with Gasteiger partial charge in [0.25, 0.3) is 0 Å². The molecule has 0 radical (unpaired) electrons. The van der Waals surface area contributed by atoms with Gasteiger partial charge in [0.1, 0.15) is 0 Å². The predicted octanol–water partition coefficient (Wildman–Crippen LogP) is 1.91. The summed E-state index contributed by atoms with van der Waals surface area (Å²) in [7, 11) is -3.46. The zero-order valence-electron chi connectivity index (χ0n) is 11.6. The number of rotatable bonds is 3. The minimum atomic E-state index is -3.46. The number of aliphatic hydroxyl groups excluding tert-OH is 1. The number of hydrogen-bond donors (Lipinski definition) is 1. The van der Waals surface area contributed by atoms with E-state index in [0.717, 1.165) is 12.0 Å². The van der Waals surface area contributed by atoms with Crippen molar-refractivity contribution in [1.29, 1.82) is 0 Å². The molecule has 1 aliphatic heterocycles. The van der Waals surface area contributed by atoms with Crippen molar-refractivity contribution in [2.24, 2.45) is 5.92 Å². The molecule has 0 aromatic heterocycles. The molecule has 2 rings (SSSR count). The van der Waals surface area contributed by atoms with Crippen LogP contribution in [0.1, 0.15) is 31.4 Å². The maximum atomic E-state index is 12.7. The van der Waals surface area contributed by atoms with Crippen LogP contribution in [-0.2, 0) is 16.6 Å². The van der Waals surface area contributed by atoms with Crippen molar-refractivity contribution >= 4 is 10.0 Å². The van der Waals surface area contributed by atoms with Crippen LogP contribution in [0.5, 0.6) is 0 Å².